The summed E-state index contributed by atoms with van der Waals surface area (Å²) >= 11 is 0. The number of rotatable bonds is 4. The summed E-state index contributed by atoms with van der Waals surface area (Å²) in [6.45, 7) is 2.21. The Morgan fingerprint density at radius 1 is 1.39 bits per heavy atom. The highest BCUT2D eigenvalue weighted by Gasteiger charge is 2.40. The lowest BCUT2D eigenvalue weighted by molar-refractivity contribution is 0.548. The van der Waals surface area contributed by atoms with Gasteiger partial charge in [0.1, 0.15) is 0 Å². The number of hydrogen-bond donors (Lipinski definition) is 1. The average molecular weight is 243 g/mol. The first kappa shape index (κ1) is 11.2. The van der Waals surface area contributed by atoms with Crippen molar-refractivity contribution in [3.05, 3.63) is 24.3 Å². The summed E-state index contributed by atoms with van der Waals surface area (Å²) in [7, 11) is 0. The minimum atomic E-state index is 0.453. The van der Waals surface area contributed by atoms with Gasteiger partial charge in [-0.2, -0.15) is 0 Å². The summed E-state index contributed by atoms with van der Waals surface area (Å²) in [6.07, 6.45) is 3.64. The normalized spacial score (nSPS) is 22.1. The molecular weight excluding hydrogens is 226 g/mol. The molecule has 1 fully saturated rings. The van der Waals surface area contributed by atoms with Gasteiger partial charge >= 0.3 is 0 Å². The third-order valence-electron chi connectivity index (χ3n) is 3.55. The average Bonchev–Trinajstić information content (AvgIpc) is 2.97. The number of aromatic nitrogens is 4. The summed E-state index contributed by atoms with van der Waals surface area (Å²) in [6, 6.07) is 8.18. The quantitative estimate of drug-likeness (QED) is 0.836. The Morgan fingerprint density at radius 2 is 2.22 bits per heavy atom. The number of nitrogens with two attached hydrogens (primary N) is 1. The van der Waals surface area contributed by atoms with Crippen LogP contribution in [0.25, 0.3) is 11.4 Å². The van der Waals surface area contributed by atoms with Gasteiger partial charge in [0.2, 0.25) is 0 Å². The zero-order chi connectivity index (χ0) is 12.5. The Labute approximate surface area is 106 Å². The lowest BCUT2D eigenvalue weighted by Gasteiger charge is -2.06. The highest BCUT2D eigenvalue weighted by atomic mass is 15.6. The topological polar surface area (TPSA) is 69.6 Å². The zero-order valence-corrected chi connectivity index (χ0v) is 10.5. The van der Waals surface area contributed by atoms with E-state index < -0.39 is 0 Å². The third-order valence-corrected chi connectivity index (χ3v) is 3.55. The lowest BCUT2D eigenvalue weighted by Crippen LogP contribution is -2.03. The van der Waals surface area contributed by atoms with E-state index in [9.17, 15) is 0 Å². The Balaban J connectivity index is 1.91. The van der Waals surface area contributed by atoms with Crippen LogP contribution in [0.5, 0.6) is 0 Å². The van der Waals surface area contributed by atoms with E-state index in [-0.39, 0.29) is 0 Å². The first-order valence-electron chi connectivity index (χ1n) is 6.44. The molecule has 2 N–H and O–H groups in total. The van der Waals surface area contributed by atoms with Crippen molar-refractivity contribution in [2.45, 2.75) is 32.2 Å². The number of tetrazole rings is 1. The van der Waals surface area contributed by atoms with Crippen molar-refractivity contribution < 1.29 is 0 Å². The molecular formula is C13H17N5. The van der Waals surface area contributed by atoms with E-state index in [4.69, 9.17) is 5.73 Å². The van der Waals surface area contributed by atoms with E-state index in [1.54, 1.807) is 0 Å². The maximum Gasteiger partial charge on any atom is 0.184 e. The minimum absolute atomic E-state index is 0.453. The molecule has 0 aliphatic heterocycles. The molecule has 18 heavy (non-hydrogen) atoms. The fourth-order valence-electron chi connectivity index (χ4n) is 2.51. The van der Waals surface area contributed by atoms with E-state index in [0.717, 1.165) is 23.0 Å². The Bertz CT molecular complexity index is 548. The molecule has 1 aliphatic carbocycles. The highest BCUT2D eigenvalue weighted by Crippen LogP contribution is 2.47. The maximum absolute atomic E-state index is 5.99. The van der Waals surface area contributed by atoms with Gasteiger partial charge in [0.15, 0.2) is 5.82 Å². The number of nitrogens with zero attached hydrogens (tertiary/aromatic N) is 4. The van der Waals surface area contributed by atoms with Crippen LogP contribution in [-0.2, 0) is 0 Å². The molecule has 1 aromatic heterocycles. The second kappa shape index (κ2) is 4.40. The Morgan fingerprint density at radius 3 is 3.00 bits per heavy atom. The van der Waals surface area contributed by atoms with Crippen LogP contribution in [0.2, 0.25) is 0 Å². The Hall–Kier alpha value is -1.91. The summed E-state index contributed by atoms with van der Waals surface area (Å²) in [4.78, 5) is 0. The van der Waals surface area contributed by atoms with Gasteiger partial charge in [-0.05, 0) is 41.3 Å². The van der Waals surface area contributed by atoms with Crippen LogP contribution in [0.15, 0.2) is 24.3 Å². The molecule has 2 atom stereocenters. The van der Waals surface area contributed by atoms with E-state index in [0.29, 0.717) is 6.04 Å². The van der Waals surface area contributed by atoms with Gasteiger partial charge < -0.3 is 5.73 Å². The molecule has 2 aromatic rings. The monoisotopic (exact) mass is 243 g/mol. The van der Waals surface area contributed by atoms with E-state index in [1.807, 2.05) is 28.9 Å². The molecule has 1 aliphatic rings. The van der Waals surface area contributed by atoms with Gasteiger partial charge in [0.25, 0.3) is 0 Å². The maximum atomic E-state index is 5.99. The van der Waals surface area contributed by atoms with Gasteiger partial charge in [-0.25, -0.2) is 4.68 Å². The number of benzene rings is 1. The molecule has 0 radical (unpaired) electrons. The standard InChI is InChI=1S/C13H17N5/c1-2-5-9-8-12(9)18-13(15-16-17-18)10-6-3-4-7-11(10)14/h3-4,6-7,9,12H,2,5,8,14H2,1H3. The van der Waals surface area contributed by atoms with Crippen LogP contribution in [0.4, 0.5) is 5.69 Å². The van der Waals surface area contributed by atoms with Crippen molar-refractivity contribution >= 4 is 5.69 Å². The fraction of sp³-hybridized carbons (Fsp3) is 0.462. The second-order valence-corrected chi connectivity index (χ2v) is 4.89. The van der Waals surface area contributed by atoms with Crippen LogP contribution < -0.4 is 5.73 Å². The van der Waals surface area contributed by atoms with Gasteiger partial charge in [-0.15, -0.1) is 5.10 Å². The summed E-state index contributed by atoms with van der Waals surface area (Å²) < 4.78 is 1.94. The third kappa shape index (κ3) is 1.85. The molecule has 5 nitrogen and oxygen atoms in total. The summed E-state index contributed by atoms with van der Waals surface area (Å²) in [5, 5.41) is 12.1. The number of nitrogen functional groups attached to an aromatic ring is 1. The van der Waals surface area contributed by atoms with E-state index in [2.05, 4.69) is 22.4 Å². The molecule has 5 heteroatoms. The molecule has 0 bridgehead atoms. The smallest absolute Gasteiger partial charge is 0.184 e. The molecule has 1 saturated carbocycles. The molecule has 94 valence electrons. The zero-order valence-electron chi connectivity index (χ0n) is 10.5. The lowest BCUT2D eigenvalue weighted by atomic mass is 10.1. The first-order valence-corrected chi connectivity index (χ1v) is 6.44. The fourth-order valence-corrected chi connectivity index (χ4v) is 2.51. The highest BCUT2D eigenvalue weighted by molar-refractivity contribution is 5.71. The minimum Gasteiger partial charge on any atom is -0.398 e. The molecule has 1 aromatic carbocycles. The van der Waals surface area contributed by atoms with Crippen molar-refractivity contribution in [3.8, 4) is 11.4 Å². The van der Waals surface area contributed by atoms with Gasteiger partial charge in [0, 0.05) is 11.3 Å². The molecule has 3 rings (SSSR count). The van der Waals surface area contributed by atoms with Gasteiger partial charge in [0.05, 0.1) is 6.04 Å². The largest absolute Gasteiger partial charge is 0.398 e. The first-order chi connectivity index (χ1) is 8.81. The predicted octanol–water partition coefficient (Wildman–Crippen LogP) is 2.28. The molecule has 2 unspecified atom stereocenters. The number of hydrogen-bond acceptors (Lipinski definition) is 4. The molecule has 0 spiro atoms. The summed E-state index contributed by atoms with van der Waals surface area (Å²) in [5.41, 5.74) is 7.63. The van der Waals surface area contributed by atoms with Crippen molar-refractivity contribution in [1.29, 1.82) is 0 Å². The van der Waals surface area contributed by atoms with E-state index in [1.165, 1.54) is 19.3 Å². The van der Waals surface area contributed by atoms with Crippen molar-refractivity contribution in [2.24, 2.45) is 5.92 Å². The molecule has 0 saturated heterocycles. The molecule has 1 heterocycles. The number of para-hydroxylation sites is 1. The van der Waals surface area contributed by atoms with Crippen LogP contribution in [0, 0.1) is 5.92 Å². The number of anilines is 1. The van der Waals surface area contributed by atoms with Gasteiger partial charge in [-0.3, -0.25) is 0 Å². The van der Waals surface area contributed by atoms with Crippen LogP contribution in [-0.4, -0.2) is 20.2 Å². The van der Waals surface area contributed by atoms with Crippen molar-refractivity contribution in [1.82, 2.24) is 20.2 Å². The SMILES string of the molecule is CCCC1CC1n1nnnc1-c1ccccc1N. The van der Waals surface area contributed by atoms with Crippen molar-refractivity contribution in [2.75, 3.05) is 5.73 Å². The van der Waals surface area contributed by atoms with Crippen LogP contribution >= 0.6 is 0 Å². The van der Waals surface area contributed by atoms with Crippen molar-refractivity contribution in [3.63, 3.8) is 0 Å². The van der Waals surface area contributed by atoms with Crippen LogP contribution in [0.3, 0.4) is 0 Å². The van der Waals surface area contributed by atoms with Crippen LogP contribution in [0.1, 0.15) is 32.2 Å². The summed E-state index contributed by atoms with van der Waals surface area (Å²) in [5.74, 6) is 1.51. The van der Waals surface area contributed by atoms with Gasteiger partial charge in [-0.1, -0.05) is 25.5 Å². The molecule has 0 amide bonds. The Kier molecular flexibility index (Phi) is 2.74. The second-order valence-electron chi connectivity index (χ2n) is 4.89. The predicted molar refractivity (Wildman–Crippen MR) is 69.7 cm³/mol. The van der Waals surface area contributed by atoms with E-state index >= 15 is 0 Å².